The third kappa shape index (κ3) is 1.75. The van der Waals surface area contributed by atoms with Crippen LogP contribution in [0.3, 0.4) is 0 Å². The molecule has 1 heterocycles. The number of hydrogen-bond acceptors (Lipinski definition) is 2. The smallest absolute Gasteiger partial charge is 0.158 e. The summed E-state index contributed by atoms with van der Waals surface area (Å²) in [6, 6.07) is 10.1. The van der Waals surface area contributed by atoms with Crippen LogP contribution in [-0.2, 0) is 6.42 Å². The van der Waals surface area contributed by atoms with Gasteiger partial charge in [0.15, 0.2) is 5.69 Å². The average molecular weight is 197 g/mol. The molecule has 0 amide bonds. The monoisotopic (exact) mass is 197 g/mol. The molecule has 3 nitrogen and oxygen atoms in total. The van der Waals surface area contributed by atoms with Gasteiger partial charge in [-0.3, -0.25) is 0 Å². The fourth-order valence-corrected chi connectivity index (χ4v) is 1.57. The van der Waals surface area contributed by atoms with E-state index in [1.54, 1.807) is 12.5 Å². The Hall–Kier alpha value is -2.08. The maximum Gasteiger partial charge on any atom is 0.158 e. The molecule has 0 aliphatic rings. The summed E-state index contributed by atoms with van der Waals surface area (Å²) in [5.74, 6) is 0. The zero-order valence-electron chi connectivity index (χ0n) is 8.51. The molecule has 2 rings (SSSR count). The van der Waals surface area contributed by atoms with E-state index in [1.807, 2.05) is 28.8 Å². The first-order valence-electron chi connectivity index (χ1n) is 4.87. The molecule has 0 unspecified atom stereocenters. The Morgan fingerprint density at radius 2 is 2.20 bits per heavy atom. The highest BCUT2D eigenvalue weighted by molar-refractivity contribution is 5.41. The molecule has 1 aromatic carbocycles. The Bertz CT molecular complexity index is 506. The van der Waals surface area contributed by atoms with E-state index in [9.17, 15) is 0 Å². The normalized spacial score (nSPS) is 9.87. The predicted octanol–water partition coefficient (Wildman–Crippen LogP) is 2.31. The second-order valence-corrected chi connectivity index (χ2v) is 3.26. The summed E-state index contributed by atoms with van der Waals surface area (Å²) in [6.45, 7) is 2.11. The minimum Gasteiger partial charge on any atom is -0.305 e. The zero-order valence-corrected chi connectivity index (χ0v) is 8.51. The van der Waals surface area contributed by atoms with Crippen LogP contribution in [0.1, 0.15) is 18.2 Å². The van der Waals surface area contributed by atoms with Gasteiger partial charge in [0.25, 0.3) is 0 Å². The molecule has 0 bridgehead atoms. The van der Waals surface area contributed by atoms with Crippen molar-refractivity contribution in [1.82, 2.24) is 9.55 Å². The fraction of sp³-hybridized carbons (Fsp3) is 0.167. The van der Waals surface area contributed by atoms with Crippen LogP contribution < -0.4 is 0 Å². The van der Waals surface area contributed by atoms with Gasteiger partial charge in [-0.1, -0.05) is 25.1 Å². The minimum absolute atomic E-state index is 0.445. The molecule has 15 heavy (non-hydrogen) atoms. The van der Waals surface area contributed by atoms with E-state index < -0.39 is 0 Å². The zero-order chi connectivity index (χ0) is 10.7. The van der Waals surface area contributed by atoms with E-state index in [2.05, 4.69) is 18.0 Å². The summed E-state index contributed by atoms with van der Waals surface area (Å²) in [4.78, 5) is 3.99. The lowest BCUT2D eigenvalue weighted by molar-refractivity contribution is 1.00. The van der Waals surface area contributed by atoms with Crippen LogP contribution in [0.5, 0.6) is 0 Å². The summed E-state index contributed by atoms with van der Waals surface area (Å²) in [5, 5.41) is 8.70. The number of hydrogen-bond donors (Lipinski definition) is 0. The largest absolute Gasteiger partial charge is 0.305 e. The molecular formula is C12H11N3. The molecule has 0 saturated carbocycles. The van der Waals surface area contributed by atoms with Gasteiger partial charge in [0.05, 0.1) is 0 Å². The summed E-state index contributed by atoms with van der Waals surface area (Å²) in [5.41, 5.74) is 2.79. The number of imidazole rings is 1. The second kappa shape index (κ2) is 3.97. The summed E-state index contributed by atoms with van der Waals surface area (Å²) in [7, 11) is 0. The van der Waals surface area contributed by atoms with Crippen molar-refractivity contribution in [3.05, 3.63) is 48.0 Å². The van der Waals surface area contributed by atoms with Crippen LogP contribution >= 0.6 is 0 Å². The van der Waals surface area contributed by atoms with Crippen molar-refractivity contribution in [2.45, 2.75) is 13.3 Å². The van der Waals surface area contributed by atoms with Crippen molar-refractivity contribution in [3.63, 3.8) is 0 Å². The molecule has 0 fully saturated rings. The molecule has 0 radical (unpaired) electrons. The molecule has 0 aliphatic carbocycles. The Labute approximate surface area is 88.6 Å². The van der Waals surface area contributed by atoms with E-state index >= 15 is 0 Å². The molecule has 0 atom stereocenters. The van der Waals surface area contributed by atoms with Crippen molar-refractivity contribution < 1.29 is 0 Å². The maximum atomic E-state index is 8.70. The van der Waals surface area contributed by atoms with Gasteiger partial charge in [-0.2, -0.15) is 5.26 Å². The molecule has 0 N–H and O–H groups in total. The van der Waals surface area contributed by atoms with Crippen LogP contribution in [0, 0.1) is 11.3 Å². The van der Waals surface area contributed by atoms with Gasteiger partial charge in [-0.05, 0) is 18.1 Å². The van der Waals surface area contributed by atoms with Crippen LogP contribution in [0.25, 0.3) is 5.69 Å². The van der Waals surface area contributed by atoms with Gasteiger partial charge in [0, 0.05) is 11.9 Å². The quantitative estimate of drug-likeness (QED) is 0.741. The van der Waals surface area contributed by atoms with E-state index in [-0.39, 0.29) is 0 Å². The number of nitrogens with zero attached hydrogens (tertiary/aromatic N) is 3. The van der Waals surface area contributed by atoms with Crippen LogP contribution in [-0.4, -0.2) is 9.55 Å². The summed E-state index contributed by atoms with van der Waals surface area (Å²) >= 11 is 0. The van der Waals surface area contributed by atoms with Gasteiger partial charge in [-0.25, -0.2) is 4.98 Å². The van der Waals surface area contributed by atoms with Crippen molar-refractivity contribution >= 4 is 0 Å². The number of rotatable bonds is 2. The van der Waals surface area contributed by atoms with Crippen molar-refractivity contribution in [2.24, 2.45) is 0 Å². The third-order valence-corrected chi connectivity index (χ3v) is 2.35. The van der Waals surface area contributed by atoms with E-state index in [0.29, 0.717) is 5.69 Å². The number of aryl methyl sites for hydroxylation is 1. The van der Waals surface area contributed by atoms with E-state index in [0.717, 1.165) is 12.1 Å². The molecule has 0 aliphatic heterocycles. The lowest BCUT2D eigenvalue weighted by Gasteiger charge is -2.07. The number of para-hydroxylation sites is 1. The van der Waals surface area contributed by atoms with Crippen molar-refractivity contribution in [1.29, 1.82) is 5.26 Å². The van der Waals surface area contributed by atoms with Gasteiger partial charge in [-0.15, -0.1) is 0 Å². The number of aromatic nitrogens is 2. The topological polar surface area (TPSA) is 41.6 Å². The van der Waals surface area contributed by atoms with Crippen LogP contribution in [0.15, 0.2) is 36.8 Å². The van der Waals surface area contributed by atoms with E-state index in [4.69, 9.17) is 5.26 Å². The molecule has 74 valence electrons. The highest BCUT2D eigenvalue weighted by atomic mass is 15.0. The highest BCUT2D eigenvalue weighted by Gasteiger charge is 2.03. The first-order chi connectivity index (χ1) is 7.35. The molecule has 0 spiro atoms. The maximum absolute atomic E-state index is 8.70. The number of benzene rings is 1. The Balaban J connectivity index is 2.49. The fourth-order valence-electron chi connectivity index (χ4n) is 1.57. The lowest BCUT2D eigenvalue weighted by atomic mass is 10.1. The SMILES string of the molecule is CCc1ccccc1-n1cnc(C#N)c1. The van der Waals surface area contributed by atoms with Crippen LogP contribution in [0.2, 0.25) is 0 Å². The first kappa shape index (κ1) is 9.47. The summed E-state index contributed by atoms with van der Waals surface area (Å²) < 4.78 is 1.89. The minimum atomic E-state index is 0.445. The van der Waals surface area contributed by atoms with Gasteiger partial charge in [0.1, 0.15) is 12.4 Å². The molecule has 3 heteroatoms. The number of nitriles is 1. The second-order valence-electron chi connectivity index (χ2n) is 3.26. The van der Waals surface area contributed by atoms with Gasteiger partial charge < -0.3 is 4.57 Å². The van der Waals surface area contributed by atoms with Crippen molar-refractivity contribution in [3.8, 4) is 11.8 Å². The Kier molecular flexibility index (Phi) is 2.51. The standard InChI is InChI=1S/C12H11N3/c1-2-10-5-3-4-6-12(10)15-8-11(7-13)14-9-15/h3-6,8-9H,2H2,1H3. The third-order valence-electron chi connectivity index (χ3n) is 2.35. The Morgan fingerprint density at radius 1 is 1.40 bits per heavy atom. The average Bonchev–Trinajstić information content (AvgIpc) is 2.77. The van der Waals surface area contributed by atoms with Crippen molar-refractivity contribution in [2.75, 3.05) is 0 Å². The highest BCUT2D eigenvalue weighted by Crippen LogP contribution is 2.15. The first-order valence-corrected chi connectivity index (χ1v) is 4.87. The molecule has 0 saturated heterocycles. The molecular weight excluding hydrogens is 186 g/mol. The van der Waals surface area contributed by atoms with Gasteiger partial charge in [0.2, 0.25) is 0 Å². The van der Waals surface area contributed by atoms with E-state index in [1.165, 1.54) is 5.56 Å². The predicted molar refractivity (Wildman–Crippen MR) is 57.7 cm³/mol. The molecule has 1 aromatic heterocycles. The molecule has 2 aromatic rings. The Morgan fingerprint density at radius 3 is 2.87 bits per heavy atom. The summed E-state index contributed by atoms with van der Waals surface area (Å²) in [6.07, 6.45) is 4.39. The lowest BCUT2D eigenvalue weighted by Crippen LogP contribution is -1.95. The van der Waals surface area contributed by atoms with Gasteiger partial charge >= 0.3 is 0 Å². The van der Waals surface area contributed by atoms with Crippen LogP contribution in [0.4, 0.5) is 0 Å².